The Balaban J connectivity index is 3.42. The minimum absolute atomic E-state index is 0.192. The van der Waals surface area contributed by atoms with Gasteiger partial charge in [0.1, 0.15) is 0 Å². The Bertz CT molecular complexity index is 343. The van der Waals surface area contributed by atoms with E-state index in [-0.39, 0.29) is 16.1 Å². The van der Waals surface area contributed by atoms with Crippen molar-refractivity contribution in [2.24, 2.45) is 0 Å². The third-order valence-electron chi connectivity index (χ3n) is 1.59. The molecule has 1 radical (unpaired) electrons. The smallest absolute Gasteiger partial charge is 0.341 e. The van der Waals surface area contributed by atoms with E-state index in [1.807, 2.05) is 0 Å². The van der Waals surface area contributed by atoms with Gasteiger partial charge in [0.2, 0.25) is 17.2 Å². The average Bonchev–Trinajstić information content (AvgIpc) is 2.20. The van der Waals surface area contributed by atoms with Crippen molar-refractivity contribution in [3.8, 4) is 17.2 Å². The molecule has 0 atom stereocenters. The van der Waals surface area contributed by atoms with Crippen molar-refractivity contribution in [1.29, 1.82) is 0 Å². The third-order valence-corrected chi connectivity index (χ3v) is 2.28. The normalized spacial score (nSPS) is 9.71. The fraction of sp³-hybridized carbons (Fsp3) is 0.375. The van der Waals surface area contributed by atoms with E-state index in [4.69, 9.17) is 14.2 Å². The lowest BCUT2D eigenvalue weighted by Crippen LogP contribution is -2.29. The molecule has 0 N–H and O–H groups in total. The molecule has 1 aromatic rings. The van der Waals surface area contributed by atoms with Gasteiger partial charge in [0.15, 0.2) is 0 Å². The quantitative estimate of drug-likeness (QED) is 0.462. The van der Waals surface area contributed by atoms with Crippen molar-refractivity contribution in [1.82, 2.24) is 0 Å². The fourth-order valence-corrected chi connectivity index (χ4v) is 1.41. The summed E-state index contributed by atoms with van der Waals surface area (Å²) in [6.45, 7) is 0. The first-order valence-corrected chi connectivity index (χ1v) is 4.45. The van der Waals surface area contributed by atoms with E-state index in [0.717, 1.165) is 0 Å². The van der Waals surface area contributed by atoms with Gasteiger partial charge in [0, 0.05) is 15.9 Å². The second-order valence-electron chi connectivity index (χ2n) is 2.30. The van der Waals surface area contributed by atoms with Crippen LogP contribution >= 0.6 is 15.9 Å². The summed E-state index contributed by atoms with van der Waals surface area (Å²) >= 11 is 3.05. The highest BCUT2D eigenvalue weighted by Gasteiger charge is 2.23. The van der Waals surface area contributed by atoms with Gasteiger partial charge in [-0.15, -0.1) is 4.73 Å². The number of hydrogen-bond donors (Lipinski definition) is 0. The number of pyridine rings is 1. The highest BCUT2D eigenvalue weighted by atomic mass is 79.9. The summed E-state index contributed by atoms with van der Waals surface area (Å²) in [6.07, 6.45) is 2.41. The van der Waals surface area contributed by atoms with Crippen LogP contribution in [0.1, 0.15) is 0 Å². The van der Waals surface area contributed by atoms with E-state index in [1.54, 1.807) is 0 Å². The maximum Gasteiger partial charge on any atom is 0.341 e. The number of methoxy groups -OCH3 is 3. The van der Waals surface area contributed by atoms with Gasteiger partial charge >= 0.3 is 10.8 Å². The minimum atomic E-state index is 0.192. The van der Waals surface area contributed by atoms with Crippen molar-refractivity contribution in [2.75, 3.05) is 21.3 Å². The van der Waals surface area contributed by atoms with Crippen molar-refractivity contribution < 1.29 is 18.9 Å². The number of halogens is 1. The maximum atomic E-state index is 11.2. The monoisotopic (exact) mass is 262 g/mol. The molecular formula is C8H9BrNO4. The minimum Gasteiger partial charge on any atom is -0.617 e. The standard InChI is InChI=1S/C8H9BrNO4/c1-12-5-4-10(11)8(9)7(14-3)6(5)13-2/h1-3H3. The molecule has 77 valence electrons. The lowest BCUT2D eigenvalue weighted by atomic mass is 10.4. The molecule has 1 aromatic heterocycles. The number of ether oxygens (including phenoxy) is 3. The zero-order valence-electron chi connectivity index (χ0n) is 7.96. The first kappa shape index (κ1) is 10.9. The van der Waals surface area contributed by atoms with E-state index < -0.39 is 0 Å². The van der Waals surface area contributed by atoms with Gasteiger partial charge in [-0.2, -0.15) is 0 Å². The van der Waals surface area contributed by atoms with Crippen molar-refractivity contribution >= 4 is 15.9 Å². The SMILES string of the molecule is COc1[c][n+]([O-])c(Br)c(OC)c1OC. The van der Waals surface area contributed by atoms with Crippen LogP contribution in [0.3, 0.4) is 0 Å². The Morgan fingerprint density at radius 1 is 1.14 bits per heavy atom. The van der Waals surface area contributed by atoms with E-state index in [2.05, 4.69) is 22.1 Å². The number of rotatable bonds is 3. The molecule has 0 aliphatic carbocycles. The van der Waals surface area contributed by atoms with Gasteiger partial charge in [0.25, 0.3) is 0 Å². The summed E-state index contributed by atoms with van der Waals surface area (Å²) in [5, 5.41) is 11.2. The molecule has 0 aliphatic rings. The summed E-state index contributed by atoms with van der Waals surface area (Å²) in [7, 11) is 4.31. The topological polar surface area (TPSA) is 54.6 Å². The van der Waals surface area contributed by atoms with Gasteiger partial charge in [-0.1, -0.05) is 0 Å². The Hall–Kier alpha value is -1.17. The van der Waals surface area contributed by atoms with Crippen LogP contribution in [0.15, 0.2) is 4.60 Å². The average molecular weight is 263 g/mol. The Kier molecular flexibility index (Phi) is 3.40. The molecule has 0 saturated carbocycles. The second-order valence-corrected chi connectivity index (χ2v) is 3.05. The Morgan fingerprint density at radius 2 is 1.71 bits per heavy atom. The summed E-state index contributed by atoms with van der Waals surface area (Å²) in [4.78, 5) is 0. The maximum absolute atomic E-state index is 11.2. The fourth-order valence-electron chi connectivity index (χ4n) is 0.982. The molecule has 14 heavy (non-hydrogen) atoms. The van der Waals surface area contributed by atoms with E-state index in [9.17, 15) is 5.21 Å². The van der Waals surface area contributed by atoms with Crippen LogP contribution in [0.5, 0.6) is 17.2 Å². The van der Waals surface area contributed by atoms with E-state index in [1.165, 1.54) is 21.3 Å². The first-order valence-electron chi connectivity index (χ1n) is 3.66. The summed E-state index contributed by atoms with van der Waals surface area (Å²) in [5.74, 6) is 0.801. The third kappa shape index (κ3) is 1.70. The number of nitrogens with zero attached hydrogens (tertiary/aromatic N) is 1. The predicted octanol–water partition coefficient (Wildman–Crippen LogP) is 0.908. The zero-order valence-corrected chi connectivity index (χ0v) is 9.54. The van der Waals surface area contributed by atoms with Crippen LogP contribution in [-0.4, -0.2) is 21.3 Å². The van der Waals surface area contributed by atoms with Crippen LogP contribution in [0.25, 0.3) is 0 Å². The van der Waals surface area contributed by atoms with Crippen LogP contribution in [-0.2, 0) is 0 Å². The first-order chi connectivity index (χ1) is 6.65. The number of aromatic nitrogens is 1. The van der Waals surface area contributed by atoms with Crippen LogP contribution in [0.2, 0.25) is 0 Å². The number of hydrogen-bond acceptors (Lipinski definition) is 4. The molecule has 0 spiro atoms. The molecule has 6 heteroatoms. The predicted molar refractivity (Wildman–Crippen MR) is 51.6 cm³/mol. The van der Waals surface area contributed by atoms with Gasteiger partial charge in [0.05, 0.1) is 21.3 Å². The van der Waals surface area contributed by atoms with E-state index >= 15 is 0 Å². The van der Waals surface area contributed by atoms with Crippen LogP contribution in [0.4, 0.5) is 0 Å². The lowest BCUT2D eigenvalue weighted by Gasteiger charge is -2.11. The molecule has 0 aliphatic heterocycles. The molecule has 0 unspecified atom stereocenters. The summed E-state index contributed by atoms with van der Waals surface area (Å²) in [6, 6.07) is 0. The molecule has 5 nitrogen and oxygen atoms in total. The molecule has 0 aromatic carbocycles. The van der Waals surface area contributed by atoms with Crippen molar-refractivity contribution in [3.63, 3.8) is 0 Å². The highest BCUT2D eigenvalue weighted by molar-refractivity contribution is 9.10. The van der Waals surface area contributed by atoms with Crippen molar-refractivity contribution in [2.45, 2.75) is 0 Å². The van der Waals surface area contributed by atoms with Crippen molar-refractivity contribution in [3.05, 3.63) is 16.0 Å². The van der Waals surface area contributed by atoms with E-state index in [0.29, 0.717) is 10.5 Å². The molecule has 0 fully saturated rings. The summed E-state index contributed by atoms with van der Waals surface area (Å²) in [5.41, 5.74) is 0. The Morgan fingerprint density at radius 3 is 2.14 bits per heavy atom. The molecule has 1 heterocycles. The van der Waals surface area contributed by atoms with Gasteiger partial charge in [-0.25, -0.2) is 0 Å². The van der Waals surface area contributed by atoms with Crippen LogP contribution in [0, 0.1) is 11.4 Å². The van der Waals surface area contributed by atoms with Gasteiger partial charge < -0.3 is 19.4 Å². The van der Waals surface area contributed by atoms with Gasteiger partial charge in [-0.3, -0.25) is 0 Å². The zero-order chi connectivity index (χ0) is 10.7. The highest BCUT2D eigenvalue weighted by Crippen LogP contribution is 2.39. The molecule has 1 rings (SSSR count). The molecule has 0 amide bonds. The lowest BCUT2D eigenvalue weighted by molar-refractivity contribution is -0.622. The molecule has 0 saturated heterocycles. The Labute approximate surface area is 89.9 Å². The molecular weight excluding hydrogens is 254 g/mol. The summed E-state index contributed by atoms with van der Waals surface area (Å²) < 4.78 is 15.6. The second kappa shape index (κ2) is 4.36. The van der Waals surface area contributed by atoms with Crippen LogP contribution < -0.4 is 18.9 Å². The van der Waals surface area contributed by atoms with Gasteiger partial charge in [-0.05, 0) is 0 Å². The largest absolute Gasteiger partial charge is 0.617 e. The molecule has 0 bridgehead atoms.